The predicted molar refractivity (Wildman–Crippen MR) is 124 cm³/mol. The number of amides is 1. The van der Waals surface area contributed by atoms with E-state index in [1.54, 1.807) is 55.6 Å². The Morgan fingerprint density at radius 3 is 2.71 bits per heavy atom. The Labute approximate surface area is 198 Å². The summed E-state index contributed by atoms with van der Waals surface area (Å²) in [5.41, 5.74) is 2.61. The summed E-state index contributed by atoms with van der Waals surface area (Å²) in [5, 5.41) is 18.2. The third-order valence-electron chi connectivity index (χ3n) is 5.05. The molecule has 1 atom stereocenters. The van der Waals surface area contributed by atoms with Gasteiger partial charge in [-0.15, -0.1) is 11.3 Å². The molecule has 1 amide bonds. The van der Waals surface area contributed by atoms with Gasteiger partial charge in [-0.25, -0.2) is 14.2 Å². The molecule has 4 rings (SSSR count). The smallest absolute Gasteiger partial charge is 0.412 e. The first-order chi connectivity index (χ1) is 16.3. The summed E-state index contributed by atoms with van der Waals surface area (Å²) < 4.78 is 24.6. The second kappa shape index (κ2) is 9.84. The maximum absolute atomic E-state index is 14.0. The van der Waals surface area contributed by atoms with Crippen molar-refractivity contribution in [2.24, 2.45) is 0 Å². The van der Waals surface area contributed by atoms with Crippen molar-refractivity contribution in [3.63, 3.8) is 0 Å². The summed E-state index contributed by atoms with van der Waals surface area (Å²) >= 11 is 1.31. The van der Waals surface area contributed by atoms with Gasteiger partial charge in [-0.3, -0.25) is 10.1 Å². The van der Waals surface area contributed by atoms with E-state index >= 15 is 0 Å². The highest BCUT2D eigenvalue weighted by molar-refractivity contribution is 7.13. The molecule has 2 aromatic heterocycles. The summed E-state index contributed by atoms with van der Waals surface area (Å²) in [5.74, 6) is -1.07. The maximum atomic E-state index is 14.0. The van der Waals surface area contributed by atoms with Crippen LogP contribution in [0, 0.1) is 12.7 Å². The summed E-state index contributed by atoms with van der Waals surface area (Å²) in [4.78, 5) is 28.3. The molecule has 10 heteroatoms. The topological polar surface area (TPSA) is 115 Å². The highest BCUT2D eigenvalue weighted by Crippen LogP contribution is 2.35. The molecule has 1 unspecified atom stereocenters. The van der Waals surface area contributed by atoms with Gasteiger partial charge in [0.2, 0.25) is 0 Å². The van der Waals surface area contributed by atoms with E-state index in [0.29, 0.717) is 33.3 Å². The van der Waals surface area contributed by atoms with Crippen molar-refractivity contribution in [2.45, 2.75) is 26.4 Å². The van der Waals surface area contributed by atoms with Crippen LogP contribution in [0.15, 0.2) is 58.4 Å². The Morgan fingerprint density at radius 2 is 1.94 bits per heavy atom. The molecular formula is C24H20FN3O5S. The number of halogens is 1. The molecule has 2 aromatic carbocycles. The molecule has 2 heterocycles. The molecule has 2 N–H and O–H groups in total. The van der Waals surface area contributed by atoms with Gasteiger partial charge in [0.1, 0.15) is 28.3 Å². The Kier molecular flexibility index (Phi) is 6.69. The number of ether oxygens (including phenoxy) is 1. The van der Waals surface area contributed by atoms with Crippen molar-refractivity contribution in [3.05, 3.63) is 76.6 Å². The van der Waals surface area contributed by atoms with E-state index in [0.717, 1.165) is 0 Å². The summed E-state index contributed by atoms with van der Waals surface area (Å²) in [7, 11) is 0. The molecule has 0 saturated carbocycles. The lowest BCUT2D eigenvalue weighted by molar-refractivity contribution is -0.136. The quantitative estimate of drug-likeness (QED) is 0.340. The number of thiazole rings is 1. The Balaban J connectivity index is 1.55. The van der Waals surface area contributed by atoms with Crippen LogP contribution in [0.1, 0.15) is 29.9 Å². The van der Waals surface area contributed by atoms with Gasteiger partial charge < -0.3 is 14.4 Å². The number of carboxylic acid groups (broad SMARTS) is 1. The second-order valence-corrected chi connectivity index (χ2v) is 8.28. The highest BCUT2D eigenvalue weighted by atomic mass is 32.1. The van der Waals surface area contributed by atoms with Gasteiger partial charge in [-0.1, -0.05) is 47.6 Å². The fourth-order valence-electron chi connectivity index (χ4n) is 3.41. The SMILES string of the molecule is Cc1onc(-c2csc(-c3ccccc3CC(=O)O)n2)c1NC(=O)OC(C)c1ccccc1F. The number of nitrogens with one attached hydrogen (secondary N) is 1. The van der Waals surface area contributed by atoms with Crippen LogP contribution < -0.4 is 5.32 Å². The van der Waals surface area contributed by atoms with Crippen LogP contribution in [-0.4, -0.2) is 27.3 Å². The largest absolute Gasteiger partial charge is 0.481 e. The number of rotatable bonds is 7. The van der Waals surface area contributed by atoms with Gasteiger partial charge in [0.05, 0.1) is 6.42 Å². The average molecular weight is 482 g/mol. The van der Waals surface area contributed by atoms with Gasteiger partial charge in [0, 0.05) is 16.5 Å². The van der Waals surface area contributed by atoms with Crippen LogP contribution in [0.3, 0.4) is 0 Å². The van der Waals surface area contributed by atoms with E-state index < -0.39 is 24.0 Å². The van der Waals surface area contributed by atoms with Crippen LogP contribution in [0.25, 0.3) is 22.0 Å². The first kappa shape index (κ1) is 23.1. The minimum absolute atomic E-state index is 0.132. The molecule has 0 bridgehead atoms. The van der Waals surface area contributed by atoms with Crippen LogP contribution in [0.4, 0.5) is 14.9 Å². The van der Waals surface area contributed by atoms with Crippen LogP contribution in [0.5, 0.6) is 0 Å². The zero-order valence-electron chi connectivity index (χ0n) is 18.2. The first-order valence-electron chi connectivity index (χ1n) is 10.3. The van der Waals surface area contributed by atoms with Crippen molar-refractivity contribution in [1.29, 1.82) is 0 Å². The molecule has 8 nitrogen and oxygen atoms in total. The van der Waals surface area contributed by atoms with Gasteiger partial charge in [0.25, 0.3) is 0 Å². The molecule has 0 radical (unpaired) electrons. The summed E-state index contributed by atoms with van der Waals surface area (Å²) in [6, 6.07) is 13.2. The summed E-state index contributed by atoms with van der Waals surface area (Å²) in [6.45, 7) is 3.20. The number of hydrogen-bond acceptors (Lipinski definition) is 7. The van der Waals surface area contributed by atoms with Gasteiger partial charge in [-0.2, -0.15) is 0 Å². The van der Waals surface area contributed by atoms with Crippen molar-refractivity contribution < 1.29 is 28.3 Å². The van der Waals surface area contributed by atoms with E-state index in [1.165, 1.54) is 17.4 Å². The lowest BCUT2D eigenvalue weighted by atomic mass is 10.1. The third kappa shape index (κ3) is 4.96. The molecule has 0 aliphatic heterocycles. The molecule has 4 aromatic rings. The number of carbonyl (C=O) groups excluding carboxylic acids is 1. The molecule has 0 saturated heterocycles. The first-order valence-corrected chi connectivity index (χ1v) is 11.2. The molecule has 34 heavy (non-hydrogen) atoms. The summed E-state index contributed by atoms with van der Waals surface area (Å²) in [6.07, 6.45) is -1.75. The number of benzene rings is 2. The minimum atomic E-state index is -0.939. The second-order valence-electron chi connectivity index (χ2n) is 7.42. The highest BCUT2D eigenvalue weighted by Gasteiger charge is 2.23. The van der Waals surface area contributed by atoms with E-state index in [4.69, 9.17) is 9.26 Å². The average Bonchev–Trinajstić information content (AvgIpc) is 3.41. The zero-order chi connectivity index (χ0) is 24.2. The van der Waals surface area contributed by atoms with Gasteiger partial charge in [-0.05, 0) is 25.5 Å². The zero-order valence-corrected chi connectivity index (χ0v) is 19.1. The van der Waals surface area contributed by atoms with E-state index in [2.05, 4.69) is 15.5 Å². The molecule has 174 valence electrons. The number of carboxylic acids is 1. The standard InChI is InChI=1S/C24H20FN3O5S/c1-13(16-8-5-6-10-18(16)25)32-24(31)27-21-14(2)33-28-22(21)19-12-34-23(26-19)17-9-4-3-7-15(17)11-20(29)30/h3-10,12-13H,11H2,1-2H3,(H,27,31)(H,29,30). The number of hydrogen-bond donors (Lipinski definition) is 2. The van der Waals surface area contributed by atoms with Gasteiger partial charge >= 0.3 is 12.1 Å². The van der Waals surface area contributed by atoms with E-state index in [9.17, 15) is 19.1 Å². The number of aliphatic carboxylic acids is 1. The number of aryl methyl sites for hydroxylation is 1. The van der Waals surface area contributed by atoms with Crippen molar-refractivity contribution in [3.8, 4) is 22.0 Å². The lowest BCUT2D eigenvalue weighted by Crippen LogP contribution is -2.17. The lowest BCUT2D eigenvalue weighted by Gasteiger charge is -2.14. The molecule has 0 aliphatic carbocycles. The minimum Gasteiger partial charge on any atom is -0.481 e. The van der Waals surface area contributed by atoms with E-state index in [-0.39, 0.29) is 17.7 Å². The molecular weight excluding hydrogens is 461 g/mol. The number of nitrogens with zero attached hydrogens (tertiary/aromatic N) is 2. The number of anilines is 1. The van der Waals surface area contributed by atoms with E-state index in [1.807, 2.05) is 6.07 Å². The number of carbonyl (C=O) groups is 2. The Bertz CT molecular complexity index is 1350. The molecule has 0 spiro atoms. The van der Waals surface area contributed by atoms with Crippen LogP contribution in [-0.2, 0) is 16.0 Å². The Morgan fingerprint density at radius 1 is 1.21 bits per heavy atom. The fraction of sp³-hybridized carbons (Fsp3) is 0.167. The molecule has 0 aliphatic rings. The van der Waals surface area contributed by atoms with Crippen molar-refractivity contribution >= 4 is 29.1 Å². The van der Waals surface area contributed by atoms with Gasteiger partial charge in [0.15, 0.2) is 11.5 Å². The fourth-order valence-corrected chi connectivity index (χ4v) is 4.27. The third-order valence-corrected chi connectivity index (χ3v) is 5.93. The van der Waals surface area contributed by atoms with Crippen LogP contribution in [0.2, 0.25) is 0 Å². The Hall–Kier alpha value is -4.05. The normalized spacial score (nSPS) is 11.7. The molecule has 0 fully saturated rings. The monoisotopic (exact) mass is 481 g/mol. The maximum Gasteiger partial charge on any atom is 0.412 e. The van der Waals surface area contributed by atoms with Crippen molar-refractivity contribution in [1.82, 2.24) is 10.1 Å². The van der Waals surface area contributed by atoms with Crippen molar-refractivity contribution in [2.75, 3.05) is 5.32 Å². The number of aromatic nitrogens is 2. The predicted octanol–water partition coefficient (Wildman–Crippen LogP) is 5.85. The van der Waals surface area contributed by atoms with Crippen LogP contribution >= 0.6 is 11.3 Å².